The maximum absolute atomic E-state index is 12.3. The number of carbonyl (C=O) groups is 2. The normalized spacial score (nSPS) is 21.8. The molecule has 2 aliphatic rings. The Bertz CT molecular complexity index is 529. The van der Waals surface area contributed by atoms with Crippen molar-refractivity contribution in [1.29, 1.82) is 0 Å². The number of hydrogen-bond donors (Lipinski definition) is 2. The van der Waals surface area contributed by atoms with Gasteiger partial charge in [0.2, 0.25) is 11.8 Å². The maximum atomic E-state index is 12.3. The molecule has 4 nitrogen and oxygen atoms in total. The van der Waals surface area contributed by atoms with E-state index in [1.54, 1.807) is 0 Å². The van der Waals surface area contributed by atoms with Crippen LogP contribution in [0.4, 0.5) is 5.69 Å². The van der Waals surface area contributed by atoms with Gasteiger partial charge in [0.15, 0.2) is 0 Å². The lowest BCUT2D eigenvalue weighted by molar-refractivity contribution is -0.126. The molecule has 0 saturated carbocycles. The van der Waals surface area contributed by atoms with Crippen molar-refractivity contribution in [1.82, 2.24) is 5.32 Å². The van der Waals surface area contributed by atoms with Crippen LogP contribution < -0.4 is 10.6 Å². The average molecular weight is 272 g/mol. The van der Waals surface area contributed by atoms with Gasteiger partial charge < -0.3 is 10.6 Å². The zero-order valence-corrected chi connectivity index (χ0v) is 11.6. The van der Waals surface area contributed by atoms with Gasteiger partial charge in [-0.1, -0.05) is 12.1 Å². The highest BCUT2D eigenvalue weighted by Gasteiger charge is 2.25. The molecule has 3 rings (SSSR count). The van der Waals surface area contributed by atoms with Crippen LogP contribution in [0.5, 0.6) is 0 Å². The molecule has 1 fully saturated rings. The first-order valence-corrected chi connectivity index (χ1v) is 7.42. The summed E-state index contributed by atoms with van der Waals surface area (Å²) in [5, 5.41) is 5.83. The lowest BCUT2D eigenvalue weighted by atomic mass is 9.90. The highest BCUT2D eigenvalue weighted by atomic mass is 16.2. The fourth-order valence-corrected chi connectivity index (χ4v) is 3.09. The molecule has 1 aromatic carbocycles. The molecular weight excluding hydrogens is 252 g/mol. The van der Waals surface area contributed by atoms with E-state index < -0.39 is 0 Å². The second-order valence-electron chi connectivity index (χ2n) is 5.68. The minimum absolute atomic E-state index is 0.0315. The van der Waals surface area contributed by atoms with Gasteiger partial charge in [-0.3, -0.25) is 9.59 Å². The summed E-state index contributed by atoms with van der Waals surface area (Å²) in [5.74, 6) is -0.0257. The van der Waals surface area contributed by atoms with Crippen LogP contribution >= 0.6 is 0 Å². The van der Waals surface area contributed by atoms with Gasteiger partial charge >= 0.3 is 0 Å². The fourth-order valence-electron chi connectivity index (χ4n) is 3.09. The number of anilines is 1. The van der Waals surface area contributed by atoms with Crippen molar-refractivity contribution in [2.75, 3.05) is 11.9 Å². The summed E-state index contributed by atoms with van der Waals surface area (Å²) in [7, 11) is 0. The maximum Gasteiger partial charge on any atom is 0.229 e. The van der Waals surface area contributed by atoms with E-state index in [0.29, 0.717) is 19.4 Å². The molecule has 106 valence electrons. The third-order valence-electron chi connectivity index (χ3n) is 4.29. The highest BCUT2D eigenvalue weighted by molar-refractivity contribution is 5.94. The number of amides is 2. The monoisotopic (exact) mass is 272 g/mol. The predicted molar refractivity (Wildman–Crippen MR) is 77.4 cm³/mol. The Kier molecular flexibility index (Phi) is 3.72. The van der Waals surface area contributed by atoms with E-state index in [0.717, 1.165) is 18.5 Å². The summed E-state index contributed by atoms with van der Waals surface area (Å²) in [6.45, 7) is 0.458. The molecule has 0 spiro atoms. The van der Waals surface area contributed by atoms with Crippen LogP contribution in [-0.4, -0.2) is 18.4 Å². The molecule has 1 heterocycles. The van der Waals surface area contributed by atoms with Crippen molar-refractivity contribution >= 4 is 17.5 Å². The Morgan fingerprint density at radius 2 is 2.05 bits per heavy atom. The lowest BCUT2D eigenvalue weighted by Crippen LogP contribution is -2.40. The van der Waals surface area contributed by atoms with Crippen LogP contribution in [0.2, 0.25) is 0 Å². The van der Waals surface area contributed by atoms with E-state index in [4.69, 9.17) is 0 Å². The SMILES string of the molecule is O=C1CCC(C(=O)Nc2cccc3c2CCCC3)CN1. The Morgan fingerprint density at radius 1 is 1.20 bits per heavy atom. The molecule has 2 N–H and O–H groups in total. The van der Waals surface area contributed by atoms with Gasteiger partial charge in [-0.15, -0.1) is 0 Å². The first-order chi connectivity index (χ1) is 9.74. The van der Waals surface area contributed by atoms with Crippen LogP contribution in [0.1, 0.15) is 36.8 Å². The smallest absolute Gasteiger partial charge is 0.229 e. The topological polar surface area (TPSA) is 58.2 Å². The zero-order chi connectivity index (χ0) is 13.9. The van der Waals surface area contributed by atoms with Crippen LogP contribution in [-0.2, 0) is 22.4 Å². The number of piperidine rings is 1. The molecule has 1 aliphatic carbocycles. The lowest BCUT2D eigenvalue weighted by Gasteiger charge is -2.24. The highest BCUT2D eigenvalue weighted by Crippen LogP contribution is 2.28. The van der Waals surface area contributed by atoms with E-state index in [1.165, 1.54) is 24.0 Å². The van der Waals surface area contributed by atoms with Gasteiger partial charge in [0, 0.05) is 18.7 Å². The van der Waals surface area contributed by atoms with Gasteiger partial charge in [-0.2, -0.15) is 0 Å². The van der Waals surface area contributed by atoms with Crippen molar-refractivity contribution < 1.29 is 9.59 Å². The minimum atomic E-state index is -0.104. The molecule has 1 atom stereocenters. The molecule has 1 aliphatic heterocycles. The van der Waals surface area contributed by atoms with Crippen molar-refractivity contribution in [3.8, 4) is 0 Å². The summed E-state index contributed by atoms with van der Waals surface area (Å²) < 4.78 is 0. The van der Waals surface area contributed by atoms with Crippen molar-refractivity contribution in [3.63, 3.8) is 0 Å². The van der Waals surface area contributed by atoms with Crippen LogP contribution in [0.25, 0.3) is 0 Å². The third kappa shape index (κ3) is 2.69. The number of nitrogens with one attached hydrogen (secondary N) is 2. The van der Waals surface area contributed by atoms with E-state index in [9.17, 15) is 9.59 Å². The number of benzene rings is 1. The van der Waals surface area contributed by atoms with Gasteiger partial charge in [-0.25, -0.2) is 0 Å². The van der Waals surface area contributed by atoms with Crippen LogP contribution in [0.15, 0.2) is 18.2 Å². The molecule has 1 unspecified atom stereocenters. The van der Waals surface area contributed by atoms with Crippen molar-refractivity contribution in [3.05, 3.63) is 29.3 Å². The summed E-state index contributed by atoms with van der Waals surface area (Å²) in [6, 6.07) is 6.16. The molecule has 0 aromatic heterocycles. The van der Waals surface area contributed by atoms with E-state index in [1.807, 2.05) is 12.1 Å². The molecule has 1 saturated heterocycles. The first kappa shape index (κ1) is 13.2. The quantitative estimate of drug-likeness (QED) is 0.865. The largest absolute Gasteiger partial charge is 0.355 e. The Hall–Kier alpha value is -1.84. The van der Waals surface area contributed by atoms with Crippen molar-refractivity contribution in [2.45, 2.75) is 38.5 Å². The van der Waals surface area contributed by atoms with Gasteiger partial charge in [0.25, 0.3) is 0 Å². The summed E-state index contributed by atoms with van der Waals surface area (Å²) in [5.41, 5.74) is 3.63. The van der Waals surface area contributed by atoms with Gasteiger partial charge in [-0.05, 0) is 49.3 Å². The molecular formula is C16H20N2O2. The minimum Gasteiger partial charge on any atom is -0.355 e. The third-order valence-corrected chi connectivity index (χ3v) is 4.29. The van der Waals surface area contributed by atoms with E-state index in [-0.39, 0.29) is 17.7 Å². The second-order valence-corrected chi connectivity index (χ2v) is 5.68. The number of aryl methyl sites for hydroxylation is 1. The van der Waals surface area contributed by atoms with Crippen molar-refractivity contribution in [2.24, 2.45) is 5.92 Å². The first-order valence-electron chi connectivity index (χ1n) is 7.42. The number of fused-ring (bicyclic) bond motifs is 1. The number of rotatable bonds is 2. The second kappa shape index (κ2) is 5.65. The van der Waals surface area contributed by atoms with Crippen LogP contribution in [0.3, 0.4) is 0 Å². The number of carbonyl (C=O) groups excluding carboxylic acids is 2. The Balaban J connectivity index is 1.71. The van der Waals surface area contributed by atoms with E-state index in [2.05, 4.69) is 16.7 Å². The zero-order valence-electron chi connectivity index (χ0n) is 11.6. The van der Waals surface area contributed by atoms with Gasteiger partial charge in [0.1, 0.15) is 0 Å². The summed E-state index contributed by atoms with van der Waals surface area (Å²) >= 11 is 0. The molecule has 1 aromatic rings. The molecule has 4 heteroatoms. The average Bonchev–Trinajstić information content (AvgIpc) is 2.48. The van der Waals surface area contributed by atoms with Gasteiger partial charge in [0.05, 0.1) is 5.92 Å². The summed E-state index contributed by atoms with van der Waals surface area (Å²) in [4.78, 5) is 23.4. The molecule has 2 amide bonds. The molecule has 0 radical (unpaired) electrons. The fraction of sp³-hybridized carbons (Fsp3) is 0.500. The van der Waals surface area contributed by atoms with Crippen LogP contribution in [0, 0.1) is 5.92 Å². The standard InChI is InChI=1S/C16H20N2O2/c19-15-9-8-12(10-17-15)16(20)18-14-7-3-5-11-4-1-2-6-13(11)14/h3,5,7,12H,1-2,4,6,8-10H2,(H,17,19)(H,18,20). The number of hydrogen-bond acceptors (Lipinski definition) is 2. The Labute approximate surface area is 118 Å². The Morgan fingerprint density at radius 3 is 2.85 bits per heavy atom. The molecule has 20 heavy (non-hydrogen) atoms. The predicted octanol–water partition coefficient (Wildman–Crippen LogP) is 2.03. The summed E-state index contributed by atoms with van der Waals surface area (Å²) in [6.07, 6.45) is 5.68. The van der Waals surface area contributed by atoms with E-state index >= 15 is 0 Å². The molecule has 0 bridgehead atoms.